The smallest absolute Gasteiger partial charge is 0.335 e. The van der Waals surface area contributed by atoms with Crippen LogP contribution in [-0.4, -0.2) is 30.6 Å². The molecular weight excluding hydrogens is 260 g/mol. The van der Waals surface area contributed by atoms with Crippen LogP contribution in [0.25, 0.3) is 0 Å². The van der Waals surface area contributed by atoms with Gasteiger partial charge in [-0.15, -0.1) is 0 Å². The summed E-state index contributed by atoms with van der Waals surface area (Å²) in [6.45, 7) is 0. The summed E-state index contributed by atoms with van der Waals surface area (Å²) >= 11 is 0. The summed E-state index contributed by atoms with van der Waals surface area (Å²) < 4.78 is 0. The van der Waals surface area contributed by atoms with E-state index >= 15 is 0 Å². The number of para-hydroxylation sites is 1. The predicted molar refractivity (Wildman–Crippen MR) is 73.8 cm³/mol. The molecule has 0 saturated carbocycles. The second-order valence-electron chi connectivity index (χ2n) is 3.95. The van der Waals surface area contributed by atoms with E-state index in [9.17, 15) is 9.90 Å². The van der Waals surface area contributed by atoms with E-state index < -0.39 is 11.7 Å². The van der Waals surface area contributed by atoms with Crippen molar-refractivity contribution in [2.24, 2.45) is 0 Å². The fraction of sp³-hybridized carbons (Fsp3) is 0.143. The first-order chi connectivity index (χ1) is 9.02. The Morgan fingerprint density at radius 1 is 1.15 bits per heavy atom. The number of nitrogens with one attached hydrogen (secondary N) is 1. The summed E-state index contributed by atoms with van der Waals surface area (Å²) in [5, 5.41) is 19.0. The normalized spacial score (nSPS) is 8.70. The number of benzene rings is 1. The lowest BCUT2D eigenvalue weighted by atomic mass is 10.2. The van der Waals surface area contributed by atoms with Crippen molar-refractivity contribution in [1.29, 1.82) is 0 Å². The zero-order valence-corrected chi connectivity index (χ0v) is 11.3. The van der Waals surface area contributed by atoms with Crippen LogP contribution in [0.1, 0.15) is 10.4 Å². The zero-order chi connectivity index (χ0) is 14.3. The highest BCUT2D eigenvalue weighted by atomic mass is 16.4. The molecule has 1 heterocycles. The third-order valence-corrected chi connectivity index (χ3v) is 2.33. The SMILES string of the molecule is CN(C)c1cc[nH+]cc1.O.O=C(O)c1ccccc1[O-]. The number of aromatic amines is 1. The molecule has 108 valence electrons. The Morgan fingerprint density at radius 3 is 2.05 bits per heavy atom. The molecule has 1 aromatic heterocycles. The lowest BCUT2D eigenvalue weighted by molar-refractivity contribution is -0.377. The summed E-state index contributed by atoms with van der Waals surface area (Å²) in [4.78, 5) is 15.2. The Labute approximate surface area is 117 Å². The second-order valence-corrected chi connectivity index (χ2v) is 3.95. The van der Waals surface area contributed by atoms with Crippen LogP contribution in [0.4, 0.5) is 5.69 Å². The first kappa shape index (κ1) is 17.4. The van der Waals surface area contributed by atoms with Crippen LogP contribution in [0.3, 0.4) is 0 Å². The molecule has 0 saturated heterocycles. The molecular formula is C14H18N2O4. The quantitative estimate of drug-likeness (QED) is 0.846. The predicted octanol–water partition coefficient (Wildman–Crippen LogP) is 0.200. The minimum atomic E-state index is -1.18. The van der Waals surface area contributed by atoms with Crippen molar-refractivity contribution in [2.45, 2.75) is 0 Å². The fourth-order valence-electron chi connectivity index (χ4n) is 1.32. The molecule has 0 amide bonds. The summed E-state index contributed by atoms with van der Waals surface area (Å²) in [6, 6.07) is 9.59. The Hall–Kier alpha value is -2.60. The topological polar surface area (TPSA) is 109 Å². The molecule has 0 unspecified atom stereocenters. The van der Waals surface area contributed by atoms with Crippen LogP contribution < -0.4 is 15.0 Å². The summed E-state index contributed by atoms with van der Waals surface area (Å²) in [7, 11) is 4.05. The molecule has 1 aromatic carbocycles. The number of aromatic nitrogens is 1. The molecule has 0 aliphatic heterocycles. The lowest BCUT2D eigenvalue weighted by Crippen LogP contribution is -2.10. The second kappa shape index (κ2) is 8.49. The minimum Gasteiger partial charge on any atom is -0.872 e. The molecule has 2 rings (SSSR count). The van der Waals surface area contributed by atoms with Crippen molar-refractivity contribution < 1.29 is 25.5 Å². The molecule has 0 spiro atoms. The average Bonchev–Trinajstić information content (AvgIpc) is 2.40. The molecule has 0 atom stereocenters. The van der Waals surface area contributed by atoms with Gasteiger partial charge in [-0.3, -0.25) is 0 Å². The number of carboxylic acids is 1. The van der Waals surface area contributed by atoms with Gasteiger partial charge in [0.1, 0.15) is 0 Å². The van der Waals surface area contributed by atoms with Gasteiger partial charge in [0, 0.05) is 31.9 Å². The van der Waals surface area contributed by atoms with Gasteiger partial charge in [-0.2, -0.15) is 0 Å². The highest BCUT2D eigenvalue weighted by Crippen LogP contribution is 2.10. The van der Waals surface area contributed by atoms with Crippen LogP contribution in [0.5, 0.6) is 5.75 Å². The number of carboxylic acid groups (broad SMARTS) is 1. The van der Waals surface area contributed by atoms with Gasteiger partial charge in [-0.25, -0.2) is 9.78 Å². The number of hydrogen-bond donors (Lipinski definition) is 1. The molecule has 6 nitrogen and oxygen atoms in total. The van der Waals surface area contributed by atoms with Gasteiger partial charge in [0.05, 0.1) is 5.56 Å². The van der Waals surface area contributed by atoms with E-state index in [1.54, 1.807) is 0 Å². The number of rotatable bonds is 2. The maximum atomic E-state index is 10.7. The van der Waals surface area contributed by atoms with E-state index in [1.807, 2.05) is 38.6 Å². The monoisotopic (exact) mass is 278 g/mol. The van der Waals surface area contributed by atoms with Gasteiger partial charge in [-0.1, -0.05) is 23.9 Å². The van der Waals surface area contributed by atoms with E-state index in [2.05, 4.69) is 9.88 Å². The Morgan fingerprint density at radius 2 is 1.70 bits per heavy atom. The van der Waals surface area contributed by atoms with Gasteiger partial charge in [0.25, 0.3) is 0 Å². The first-order valence-corrected chi connectivity index (χ1v) is 5.65. The van der Waals surface area contributed by atoms with Gasteiger partial charge in [-0.05, 0) is 6.07 Å². The molecule has 0 aliphatic rings. The minimum absolute atomic E-state index is 0. The van der Waals surface area contributed by atoms with Crippen LogP contribution in [0, 0.1) is 0 Å². The summed E-state index contributed by atoms with van der Waals surface area (Å²) in [6.07, 6.45) is 3.82. The summed E-state index contributed by atoms with van der Waals surface area (Å²) in [5.41, 5.74) is 1.04. The Bertz CT molecular complexity index is 530. The highest BCUT2D eigenvalue weighted by molar-refractivity contribution is 5.90. The average molecular weight is 278 g/mol. The van der Waals surface area contributed by atoms with Gasteiger partial charge in [0.2, 0.25) is 0 Å². The van der Waals surface area contributed by atoms with Crippen LogP contribution in [-0.2, 0) is 0 Å². The maximum absolute atomic E-state index is 10.7. The molecule has 0 fully saturated rings. The maximum Gasteiger partial charge on any atom is 0.335 e. The Balaban J connectivity index is 0.000000345. The number of nitrogens with zero attached hydrogens (tertiary/aromatic N) is 1. The van der Waals surface area contributed by atoms with Crippen molar-refractivity contribution in [3.8, 4) is 5.75 Å². The molecule has 0 aliphatic carbocycles. The van der Waals surface area contributed by atoms with Crippen molar-refractivity contribution >= 4 is 11.7 Å². The highest BCUT2D eigenvalue weighted by Gasteiger charge is 1.99. The number of aromatic carboxylic acids is 1. The number of H-pyrrole nitrogens is 1. The van der Waals surface area contributed by atoms with Crippen molar-refractivity contribution in [3.63, 3.8) is 0 Å². The Kier molecular flexibility index (Phi) is 7.39. The van der Waals surface area contributed by atoms with Crippen LogP contribution >= 0.6 is 0 Å². The van der Waals surface area contributed by atoms with Crippen molar-refractivity contribution in [2.75, 3.05) is 19.0 Å². The number of hydrogen-bond acceptors (Lipinski definition) is 3. The number of carbonyl (C=O) groups is 1. The van der Waals surface area contributed by atoms with E-state index in [4.69, 9.17) is 5.11 Å². The third kappa shape index (κ3) is 5.36. The lowest BCUT2D eigenvalue weighted by Gasteiger charge is -2.08. The van der Waals surface area contributed by atoms with E-state index in [1.165, 1.54) is 30.0 Å². The zero-order valence-electron chi connectivity index (χ0n) is 11.3. The van der Waals surface area contributed by atoms with Crippen LogP contribution in [0.15, 0.2) is 48.8 Å². The third-order valence-electron chi connectivity index (χ3n) is 2.33. The van der Waals surface area contributed by atoms with Gasteiger partial charge in [0.15, 0.2) is 12.4 Å². The molecule has 4 N–H and O–H groups in total. The molecule has 0 radical (unpaired) electrons. The van der Waals surface area contributed by atoms with Crippen molar-refractivity contribution in [3.05, 3.63) is 54.4 Å². The van der Waals surface area contributed by atoms with Crippen molar-refractivity contribution in [1.82, 2.24) is 0 Å². The van der Waals surface area contributed by atoms with Gasteiger partial charge >= 0.3 is 5.97 Å². The standard InChI is InChI=1S/C7H10N2.C7H6O3.H2O/c1-9(2)7-3-5-8-6-4-7;8-6-4-2-1-3-5(6)7(9)10;/h3-6H,1-2H3;1-4,8H,(H,9,10);1H2. The first-order valence-electron chi connectivity index (χ1n) is 5.65. The molecule has 6 heteroatoms. The van der Waals surface area contributed by atoms with E-state index in [0.29, 0.717) is 0 Å². The van der Waals surface area contributed by atoms with Gasteiger partial charge < -0.3 is 20.6 Å². The number of anilines is 1. The molecule has 20 heavy (non-hydrogen) atoms. The molecule has 0 bridgehead atoms. The number of pyridine rings is 1. The van der Waals surface area contributed by atoms with E-state index in [-0.39, 0.29) is 11.0 Å². The van der Waals surface area contributed by atoms with Crippen LogP contribution in [0.2, 0.25) is 0 Å². The summed E-state index contributed by atoms with van der Waals surface area (Å²) in [5.74, 6) is -1.62. The van der Waals surface area contributed by atoms with E-state index in [0.717, 1.165) is 0 Å². The molecule has 2 aromatic rings. The fourth-order valence-corrected chi connectivity index (χ4v) is 1.32. The largest absolute Gasteiger partial charge is 0.872 e.